The van der Waals surface area contributed by atoms with E-state index in [-0.39, 0.29) is 11.8 Å². The summed E-state index contributed by atoms with van der Waals surface area (Å²) < 4.78 is 0. The van der Waals surface area contributed by atoms with Crippen molar-refractivity contribution in [1.82, 2.24) is 35.1 Å². The molecule has 3 N–H and O–H groups in total. The topological polar surface area (TPSA) is 125 Å². The van der Waals surface area contributed by atoms with Crippen LogP contribution in [0, 0.1) is 5.92 Å². The maximum atomic E-state index is 12.2. The van der Waals surface area contributed by atoms with E-state index in [2.05, 4.69) is 46.5 Å². The number of hydrogen-bond acceptors (Lipinski definition) is 6. The van der Waals surface area contributed by atoms with Gasteiger partial charge < -0.3 is 10.3 Å². The number of aromatic amines is 2. The number of fused-ring (bicyclic) bond motifs is 2. The van der Waals surface area contributed by atoms with E-state index in [4.69, 9.17) is 0 Å². The van der Waals surface area contributed by atoms with Crippen LogP contribution in [0.1, 0.15) is 20.3 Å². The Bertz CT molecular complexity index is 1740. The molecule has 0 aliphatic carbocycles. The summed E-state index contributed by atoms with van der Waals surface area (Å²) >= 11 is 0. The first-order chi connectivity index (χ1) is 18.0. The van der Waals surface area contributed by atoms with Crippen molar-refractivity contribution in [2.75, 3.05) is 5.32 Å². The Morgan fingerprint density at radius 1 is 0.919 bits per heavy atom. The first-order valence-corrected chi connectivity index (χ1v) is 12.0. The van der Waals surface area contributed by atoms with Crippen molar-refractivity contribution >= 4 is 33.5 Å². The molecule has 0 radical (unpaired) electrons. The summed E-state index contributed by atoms with van der Waals surface area (Å²) in [5, 5.41) is 12.5. The van der Waals surface area contributed by atoms with Gasteiger partial charge in [-0.15, -0.1) is 0 Å². The van der Waals surface area contributed by atoms with Gasteiger partial charge in [0.1, 0.15) is 11.3 Å². The van der Waals surface area contributed by atoms with E-state index in [0.717, 1.165) is 55.7 Å². The van der Waals surface area contributed by atoms with Gasteiger partial charge in [0.15, 0.2) is 0 Å². The minimum Gasteiger partial charge on any atom is -0.338 e. The van der Waals surface area contributed by atoms with Gasteiger partial charge in [-0.25, -0.2) is 4.98 Å². The van der Waals surface area contributed by atoms with Crippen molar-refractivity contribution < 1.29 is 4.79 Å². The molecule has 0 aromatic carbocycles. The van der Waals surface area contributed by atoms with Crippen LogP contribution in [0.25, 0.3) is 55.7 Å². The number of aromatic nitrogens is 7. The van der Waals surface area contributed by atoms with Gasteiger partial charge in [0.25, 0.3) is 0 Å². The number of rotatable bonds is 6. The fraction of sp³-hybridized carbons (Fsp3) is 0.143. The summed E-state index contributed by atoms with van der Waals surface area (Å²) in [4.78, 5) is 33.2. The molecule has 0 saturated heterocycles. The van der Waals surface area contributed by atoms with Gasteiger partial charge in [0, 0.05) is 47.5 Å². The molecule has 9 nitrogen and oxygen atoms in total. The molecule has 0 bridgehead atoms. The maximum Gasteiger partial charge on any atom is 0.224 e. The monoisotopic (exact) mass is 488 g/mol. The third-order valence-corrected chi connectivity index (χ3v) is 6.14. The van der Waals surface area contributed by atoms with E-state index in [0.29, 0.717) is 12.1 Å². The lowest BCUT2D eigenvalue weighted by Crippen LogP contribution is -2.13. The molecular formula is C28H24N8O. The predicted octanol–water partition coefficient (Wildman–Crippen LogP) is 5.61. The Balaban J connectivity index is 1.38. The number of anilines is 1. The molecule has 0 spiro atoms. The minimum atomic E-state index is -0.0342. The van der Waals surface area contributed by atoms with E-state index in [1.165, 1.54) is 0 Å². The van der Waals surface area contributed by atoms with Gasteiger partial charge in [-0.05, 0) is 53.4 Å². The highest BCUT2D eigenvalue weighted by atomic mass is 16.1. The number of carbonyl (C=O) groups excluding carboxylic acids is 1. The Labute approximate surface area is 212 Å². The van der Waals surface area contributed by atoms with Gasteiger partial charge in [-0.3, -0.25) is 24.8 Å². The third kappa shape index (κ3) is 4.42. The Morgan fingerprint density at radius 3 is 2.62 bits per heavy atom. The van der Waals surface area contributed by atoms with Crippen LogP contribution in [0.5, 0.6) is 0 Å². The largest absolute Gasteiger partial charge is 0.338 e. The second kappa shape index (κ2) is 9.27. The lowest BCUT2D eigenvalue weighted by molar-refractivity contribution is -0.116. The standard InChI is InChI=1S/C28H24N8O/c1-16(2)9-26(37)33-19-10-18(13-30-14-19)23-12-22-25(15-32-23)35-36-27(22)24-11-21-20(5-8-31-28(21)34-24)17-3-6-29-7-4-17/h3-8,10-16H,9H2,1-2H3,(H,31,34)(H,33,37)(H,35,36). The van der Waals surface area contributed by atoms with E-state index in [1.54, 1.807) is 37.2 Å². The lowest BCUT2D eigenvalue weighted by atomic mass is 10.0. The molecule has 0 saturated carbocycles. The average Bonchev–Trinajstić information content (AvgIpc) is 3.52. The number of nitrogens with one attached hydrogen (secondary N) is 3. The zero-order chi connectivity index (χ0) is 25.4. The molecule has 6 aromatic rings. The highest BCUT2D eigenvalue weighted by molar-refractivity contribution is 6.00. The summed E-state index contributed by atoms with van der Waals surface area (Å²) in [6.45, 7) is 4.03. The van der Waals surface area contributed by atoms with E-state index in [9.17, 15) is 4.79 Å². The van der Waals surface area contributed by atoms with Crippen LogP contribution in [0.2, 0.25) is 0 Å². The fourth-order valence-electron chi connectivity index (χ4n) is 4.45. The normalized spacial score (nSPS) is 11.4. The molecule has 9 heteroatoms. The smallest absolute Gasteiger partial charge is 0.224 e. The number of H-pyrrole nitrogens is 2. The van der Waals surface area contributed by atoms with Gasteiger partial charge >= 0.3 is 0 Å². The molecule has 0 aliphatic rings. The molecular weight excluding hydrogens is 464 g/mol. The highest BCUT2D eigenvalue weighted by Crippen LogP contribution is 2.34. The minimum absolute atomic E-state index is 0.0342. The van der Waals surface area contributed by atoms with Crippen LogP contribution in [-0.2, 0) is 4.79 Å². The van der Waals surface area contributed by atoms with Crippen molar-refractivity contribution in [1.29, 1.82) is 0 Å². The Kier molecular flexibility index (Phi) is 5.65. The second-order valence-electron chi connectivity index (χ2n) is 9.34. The van der Waals surface area contributed by atoms with Crippen LogP contribution >= 0.6 is 0 Å². The van der Waals surface area contributed by atoms with Crippen LogP contribution < -0.4 is 5.32 Å². The quantitative estimate of drug-likeness (QED) is 0.280. The molecule has 0 aliphatic heterocycles. The number of amides is 1. The number of hydrogen-bond donors (Lipinski definition) is 3. The van der Waals surface area contributed by atoms with Gasteiger partial charge in [-0.2, -0.15) is 5.10 Å². The first-order valence-electron chi connectivity index (χ1n) is 12.0. The fourth-order valence-corrected chi connectivity index (χ4v) is 4.45. The molecule has 6 rings (SSSR count). The van der Waals surface area contributed by atoms with Crippen molar-refractivity contribution in [2.24, 2.45) is 5.92 Å². The van der Waals surface area contributed by atoms with Crippen molar-refractivity contribution in [3.8, 4) is 33.8 Å². The molecule has 37 heavy (non-hydrogen) atoms. The molecule has 6 heterocycles. The Hall–Kier alpha value is -4.92. The van der Waals surface area contributed by atoms with Crippen molar-refractivity contribution in [3.05, 3.63) is 73.6 Å². The summed E-state index contributed by atoms with van der Waals surface area (Å²) in [6, 6.07) is 11.9. The summed E-state index contributed by atoms with van der Waals surface area (Å²) in [5.74, 6) is 0.244. The van der Waals surface area contributed by atoms with Crippen LogP contribution in [0.4, 0.5) is 5.69 Å². The molecule has 1 amide bonds. The van der Waals surface area contributed by atoms with Crippen LogP contribution in [-0.4, -0.2) is 41.0 Å². The summed E-state index contributed by atoms with van der Waals surface area (Å²) in [6.07, 6.45) is 10.9. The number of carbonyl (C=O) groups is 1. The SMILES string of the molecule is CC(C)CC(=O)Nc1cncc(-c2cc3c(-c4cc5c(-c6ccncc6)ccnc5[nH]4)n[nH]c3cn2)c1. The molecule has 0 fully saturated rings. The molecule has 182 valence electrons. The zero-order valence-electron chi connectivity index (χ0n) is 20.4. The number of nitrogens with zero attached hydrogens (tertiary/aromatic N) is 5. The molecule has 0 atom stereocenters. The van der Waals surface area contributed by atoms with E-state index in [1.807, 2.05) is 44.2 Å². The average molecular weight is 489 g/mol. The van der Waals surface area contributed by atoms with Crippen LogP contribution in [0.15, 0.2) is 73.6 Å². The van der Waals surface area contributed by atoms with Gasteiger partial charge in [0.05, 0.1) is 35.0 Å². The predicted molar refractivity (Wildman–Crippen MR) is 144 cm³/mol. The number of pyridine rings is 4. The Morgan fingerprint density at radius 2 is 1.78 bits per heavy atom. The van der Waals surface area contributed by atoms with E-state index < -0.39 is 0 Å². The zero-order valence-corrected chi connectivity index (χ0v) is 20.4. The van der Waals surface area contributed by atoms with Crippen molar-refractivity contribution in [3.63, 3.8) is 0 Å². The third-order valence-electron chi connectivity index (χ3n) is 6.14. The van der Waals surface area contributed by atoms with Gasteiger partial charge in [0.2, 0.25) is 5.91 Å². The summed E-state index contributed by atoms with van der Waals surface area (Å²) in [5.41, 5.74) is 7.52. The molecule has 0 unspecified atom stereocenters. The van der Waals surface area contributed by atoms with E-state index >= 15 is 0 Å². The maximum absolute atomic E-state index is 12.2. The molecule has 6 aromatic heterocycles. The van der Waals surface area contributed by atoms with Gasteiger partial charge in [-0.1, -0.05) is 13.8 Å². The highest BCUT2D eigenvalue weighted by Gasteiger charge is 2.16. The first kappa shape index (κ1) is 22.5. The van der Waals surface area contributed by atoms with Crippen LogP contribution in [0.3, 0.4) is 0 Å². The lowest BCUT2D eigenvalue weighted by Gasteiger charge is -2.08. The van der Waals surface area contributed by atoms with Crippen molar-refractivity contribution in [2.45, 2.75) is 20.3 Å². The summed E-state index contributed by atoms with van der Waals surface area (Å²) in [7, 11) is 0. The second-order valence-corrected chi connectivity index (χ2v) is 9.34.